The van der Waals surface area contributed by atoms with E-state index in [4.69, 9.17) is 28.7 Å². The summed E-state index contributed by atoms with van der Waals surface area (Å²) in [4.78, 5) is 38.1. The van der Waals surface area contributed by atoms with Gasteiger partial charge in [-0.05, 0) is 44.5 Å². The SMILES string of the molecule is CC(C)(C)C(=O)NC(c1ccccc1)C(N)c1ccccc1.CC(C)(C)C(=O)NC(c1ccccc1)C(NC(=O)C(C)(C)C)c1ccccc1.NC(c1ccccc1)C(N)c1ccccc1.NC(c1ccccc1)C(N)c1ccccc1. The molecular weight excluding hydrogens is 1010 g/mol. The summed E-state index contributed by atoms with van der Waals surface area (Å²) in [6.45, 7) is 17.0. The second-order valence-electron chi connectivity index (χ2n) is 23.5. The summed E-state index contributed by atoms with van der Waals surface area (Å²) >= 11 is 0. The Bertz CT molecular complexity index is 2840. The maximum absolute atomic E-state index is 12.8. The van der Waals surface area contributed by atoms with E-state index in [1.807, 2.05) is 305 Å². The zero-order valence-electron chi connectivity index (χ0n) is 49.3. The average Bonchev–Trinajstić information content (AvgIpc) is 3.50. The number of rotatable bonds is 15. The normalized spacial score (nSPS) is 14.2. The highest BCUT2D eigenvalue weighted by molar-refractivity contribution is 5.84. The van der Waals surface area contributed by atoms with Gasteiger partial charge in [-0.1, -0.05) is 305 Å². The highest BCUT2D eigenvalue weighted by Crippen LogP contribution is 2.33. The topological polar surface area (TPSA) is 217 Å². The van der Waals surface area contributed by atoms with Gasteiger partial charge >= 0.3 is 0 Å². The molecule has 8 aromatic rings. The molecule has 0 saturated heterocycles. The number of benzene rings is 8. The molecule has 82 heavy (non-hydrogen) atoms. The Morgan fingerprint density at radius 2 is 0.390 bits per heavy atom. The van der Waals surface area contributed by atoms with Gasteiger partial charge in [0.15, 0.2) is 0 Å². The molecule has 8 aromatic carbocycles. The Balaban J connectivity index is 0.000000206. The average molecular weight is 1100 g/mol. The third-order valence-electron chi connectivity index (χ3n) is 13.8. The van der Waals surface area contributed by atoms with Crippen LogP contribution in [0.15, 0.2) is 243 Å². The molecule has 11 heteroatoms. The lowest BCUT2D eigenvalue weighted by molar-refractivity contribution is -0.132. The van der Waals surface area contributed by atoms with E-state index in [-0.39, 0.29) is 66.1 Å². The molecule has 0 aliphatic carbocycles. The molecule has 3 amide bonds. The molecular formula is C71H88N8O3. The summed E-state index contributed by atoms with van der Waals surface area (Å²) < 4.78 is 0. The second-order valence-corrected chi connectivity index (χ2v) is 23.5. The number of amides is 3. The maximum Gasteiger partial charge on any atom is 0.225 e. The Labute approximate surface area is 488 Å². The molecule has 0 heterocycles. The van der Waals surface area contributed by atoms with Gasteiger partial charge < -0.3 is 44.6 Å². The Kier molecular flexibility index (Phi) is 24.7. The fraction of sp³-hybridized carbons (Fsp3) is 0.282. The van der Waals surface area contributed by atoms with Crippen LogP contribution >= 0.6 is 0 Å². The molecule has 0 radical (unpaired) electrons. The van der Waals surface area contributed by atoms with Crippen LogP contribution in [-0.4, -0.2) is 17.7 Å². The van der Waals surface area contributed by atoms with Crippen LogP contribution in [0.1, 0.15) is 155 Å². The molecule has 0 aliphatic heterocycles. The van der Waals surface area contributed by atoms with Gasteiger partial charge in [-0.2, -0.15) is 0 Å². The number of hydrogen-bond acceptors (Lipinski definition) is 8. The summed E-state index contributed by atoms with van der Waals surface area (Å²) in [5.74, 6) is -0.132. The van der Waals surface area contributed by atoms with Crippen molar-refractivity contribution >= 4 is 17.7 Å². The van der Waals surface area contributed by atoms with E-state index in [1.54, 1.807) is 0 Å². The van der Waals surface area contributed by atoms with E-state index in [9.17, 15) is 14.4 Å². The van der Waals surface area contributed by atoms with Crippen LogP contribution in [0.5, 0.6) is 0 Å². The largest absolute Gasteiger partial charge is 0.347 e. The van der Waals surface area contributed by atoms with E-state index in [0.29, 0.717) is 0 Å². The monoisotopic (exact) mass is 1100 g/mol. The molecule has 11 nitrogen and oxygen atoms in total. The van der Waals surface area contributed by atoms with Gasteiger partial charge in [0.1, 0.15) is 0 Å². The van der Waals surface area contributed by atoms with Crippen molar-refractivity contribution in [2.45, 2.75) is 111 Å². The third-order valence-corrected chi connectivity index (χ3v) is 13.8. The fourth-order valence-corrected chi connectivity index (χ4v) is 8.55. The van der Waals surface area contributed by atoms with Crippen LogP contribution in [0.3, 0.4) is 0 Å². The van der Waals surface area contributed by atoms with Crippen molar-refractivity contribution in [3.63, 3.8) is 0 Å². The number of nitrogens with two attached hydrogens (primary N) is 5. The molecule has 0 bridgehead atoms. The summed E-state index contributed by atoms with van der Waals surface area (Å²) in [6.07, 6.45) is 0. The predicted molar refractivity (Wildman–Crippen MR) is 337 cm³/mol. The molecule has 13 N–H and O–H groups in total. The van der Waals surface area contributed by atoms with E-state index in [0.717, 1.165) is 44.5 Å². The van der Waals surface area contributed by atoms with Gasteiger partial charge in [0.2, 0.25) is 17.7 Å². The lowest BCUT2D eigenvalue weighted by Gasteiger charge is -2.33. The van der Waals surface area contributed by atoms with Crippen molar-refractivity contribution < 1.29 is 14.4 Å². The molecule has 0 fully saturated rings. The highest BCUT2D eigenvalue weighted by atomic mass is 16.2. The minimum absolute atomic E-state index is 0.00673. The first kappa shape index (κ1) is 64.8. The summed E-state index contributed by atoms with van der Waals surface area (Å²) in [5, 5.41) is 9.46. The first-order valence-corrected chi connectivity index (χ1v) is 28.1. The van der Waals surface area contributed by atoms with Gasteiger partial charge in [-0.15, -0.1) is 0 Å². The first-order valence-electron chi connectivity index (χ1n) is 28.1. The second kappa shape index (κ2) is 31.3. The maximum atomic E-state index is 12.8. The van der Waals surface area contributed by atoms with Crippen molar-refractivity contribution in [1.29, 1.82) is 0 Å². The lowest BCUT2D eigenvalue weighted by Crippen LogP contribution is -2.46. The van der Waals surface area contributed by atoms with Crippen molar-refractivity contribution in [2.75, 3.05) is 0 Å². The molecule has 0 saturated carbocycles. The number of hydrogen-bond donors (Lipinski definition) is 8. The standard InChI is InChI=1S/C24H32N2O2.C19H24N2O.2C14H16N2/c1-23(2,3)21(27)25-19(17-13-9-7-10-14-17)20(18-15-11-8-12-16-18)26-22(28)24(4,5)6;1-19(2,3)18(22)21-17(15-12-8-5-9-13-15)16(20)14-10-6-4-7-11-14;2*15-13(11-7-3-1-4-8-11)14(16)12-9-5-2-6-10-12/h7-16,19-20H,1-6H3,(H,25,27)(H,26,28);4-13,16-17H,20H2,1-3H3,(H,21,22);2*1-10,13-14H,15-16H2. The number of carbonyl (C=O) groups excluding carboxylic acids is 3. The zero-order valence-corrected chi connectivity index (χ0v) is 49.3. The van der Waals surface area contributed by atoms with E-state index in [1.165, 1.54) is 0 Å². The van der Waals surface area contributed by atoms with Crippen LogP contribution < -0.4 is 44.6 Å². The Hall–Kier alpha value is -8.03. The highest BCUT2D eigenvalue weighted by Gasteiger charge is 2.34. The van der Waals surface area contributed by atoms with E-state index < -0.39 is 16.2 Å². The molecule has 430 valence electrons. The van der Waals surface area contributed by atoms with Gasteiger partial charge in [0.05, 0.1) is 24.2 Å². The molecule has 8 unspecified atom stereocenters. The van der Waals surface area contributed by atoms with Gasteiger partial charge in [0.25, 0.3) is 0 Å². The predicted octanol–water partition coefficient (Wildman–Crippen LogP) is 13.2. The van der Waals surface area contributed by atoms with Crippen molar-refractivity contribution in [3.05, 3.63) is 287 Å². The van der Waals surface area contributed by atoms with Crippen LogP contribution in [0.2, 0.25) is 0 Å². The van der Waals surface area contributed by atoms with Crippen LogP contribution in [0.4, 0.5) is 0 Å². The van der Waals surface area contributed by atoms with Crippen LogP contribution in [-0.2, 0) is 14.4 Å². The minimum atomic E-state index is -0.539. The number of nitrogens with one attached hydrogen (secondary N) is 3. The molecule has 0 spiro atoms. The Morgan fingerprint density at radius 1 is 0.244 bits per heavy atom. The summed E-state index contributed by atoms with van der Waals surface area (Å²) in [7, 11) is 0. The smallest absolute Gasteiger partial charge is 0.225 e. The lowest BCUT2D eigenvalue weighted by atomic mass is 9.88. The van der Waals surface area contributed by atoms with Crippen molar-refractivity contribution in [2.24, 2.45) is 44.9 Å². The number of carbonyl (C=O) groups is 3. The molecule has 8 atom stereocenters. The molecule has 0 aliphatic rings. The minimum Gasteiger partial charge on any atom is -0.347 e. The first-order chi connectivity index (χ1) is 39.0. The quantitative estimate of drug-likeness (QED) is 0.0493. The van der Waals surface area contributed by atoms with Gasteiger partial charge in [-0.25, -0.2) is 0 Å². The van der Waals surface area contributed by atoms with Gasteiger partial charge in [0, 0.05) is 40.4 Å². The molecule has 0 aromatic heterocycles. The molecule has 8 rings (SSSR count). The summed E-state index contributed by atoms with van der Waals surface area (Å²) in [6, 6.07) is 77.1. The van der Waals surface area contributed by atoms with Crippen molar-refractivity contribution in [1.82, 2.24) is 16.0 Å². The van der Waals surface area contributed by atoms with E-state index in [2.05, 4.69) is 16.0 Å². The fourth-order valence-electron chi connectivity index (χ4n) is 8.55. The third kappa shape index (κ3) is 20.2. The zero-order chi connectivity index (χ0) is 59.9. The van der Waals surface area contributed by atoms with Crippen molar-refractivity contribution in [3.8, 4) is 0 Å². The van der Waals surface area contributed by atoms with Crippen LogP contribution in [0, 0.1) is 16.2 Å². The van der Waals surface area contributed by atoms with E-state index >= 15 is 0 Å². The van der Waals surface area contributed by atoms with Crippen LogP contribution in [0.25, 0.3) is 0 Å². The summed E-state index contributed by atoms with van der Waals surface area (Å²) in [5.41, 5.74) is 37.7. The van der Waals surface area contributed by atoms with Gasteiger partial charge in [-0.3, -0.25) is 14.4 Å². The Morgan fingerprint density at radius 3 is 0.573 bits per heavy atom.